The summed E-state index contributed by atoms with van der Waals surface area (Å²) in [6.07, 6.45) is 11.6. The molecule has 12 nitrogen and oxygen atoms in total. The molecular weight excluding hydrogens is 705 g/mol. The molecular formula is C41H54N6O6S. The lowest BCUT2D eigenvalue weighted by atomic mass is 9.81. The predicted molar refractivity (Wildman–Crippen MR) is 208 cm³/mol. The number of benzene rings is 1. The van der Waals surface area contributed by atoms with E-state index in [0.717, 1.165) is 35.2 Å². The lowest BCUT2D eigenvalue weighted by Crippen LogP contribution is -2.57. The highest BCUT2D eigenvalue weighted by molar-refractivity contribution is 7.91. The number of para-hydroxylation sites is 1. The van der Waals surface area contributed by atoms with E-state index in [1.165, 1.54) is 5.57 Å². The van der Waals surface area contributed by atoms with Gasteiger partial charge in [-0.15, -0.1) is 6.58 Å². The number of sulfonamides is 1. The van der Waals surface area contributed by atoms with Gasteiger partial charge < -0.3 is 15.0 Å². The van der Waals surface area contributed by atoms with Crippen molar-refractivity contribution in [3.8, 4) is 6.01 Å². The number of amides is 3. The molecule has 1 saturated heterocycles. The average Bonchev–Trinajstić information content (AvgIpc) is 3.86. The summed E-state index contributed by atoms with van der Waals surface area (Å²) in [6, 6.07) is 5.49. The molecule has 1 aromatic carbocycles. The van der Waals surface area contributed by atoms with E-state index < -0.39 is 56.1 Å². The number of carbonyl (C=O) groups excluding carboxylic acids is 3. The Kier molecular flexibility index (Phi) is 9.71. The highest BCUT2D eigenvalue weighted by Gasteiger charge is 2.63. The number of imidazole rings is 1. The molecule has 3 fully saturated rings. The van der Waals surface area contributed by atoms with E-state index in [1.807, 2.05) is 62.7 Å². The molecule has 7 rings (SSSR count). The lowest BCUT2D eigenvalue weighted by molar-refractivity contribution is -0.144. The van der Waals surface area contributed by atoms with E-state index in [2.05, 4.69) is 36.5 Å². The molecule has 5 aliphatic rings. The fraction of sp³-hybridized carbons (Fsp3) is 0.585. The van der Waals surface area contributed by atoms with Gasteiger partial charge in [0.05, 0.1) is 22.5 Å². The first-order chi connectivity index (χ1) is 25.5. The van der Waals surface area contributed by atoms with Crippen LogP contribution in [0.1, 0.15) is 111 Å². The van der Waals surface area contributed by atoms with Gasteiger partial charge in [-0.1, -0.05) is 58.1 Å². The maximum atomic E-state index is 14.4. The van der Waals surface area contributed by atoms with Crippen molar-refractivity contribution in [1.82, 2.24) is 24.5 Å². The highest BCUT2D eigenvalue weighted by Crippen LogP contribution is 2.49. The molecule has 0 radical (unpaired) electrons. The number of fused-ring (bicyclic) bond motifs is 6. The van der Waals surface area contributed by atoms with Crippen molar-refractivity contribution in [2.45, 2.75) is 128 Å². The number of aliphatic imine (C=N–C) groups is 1. The Bertz CT molecular complexity index is 2090. The van der Waals surface area contributed by atoms with E-state index in [0.29, 0.717) is 38.1 Å². The largest absolute Gasteiger partial charge is 0.459 e. The third-order valence-electron chi connectivity index (χ3n) is 12.3. The molecule has 1 aromatic heterocycles. The minimum atomic E-state index is -4.04. The summed E-state index contributed by atoms with van der Waals surface area (Å²) in [5, 5.41) is 2.92. The van der Waals surface area contributed by atoms with Gasteiger partial charge in [0.25, 0.3) is 11.9 Å². The number of aromatic nitrogens is 2. The summed E-state index contributed by atoms with van der Waals surface area (Å²) in [5.74, 6) is -2.39. The van der Waals surface area contributed by atoms with Crippen LogP contribution in [0, 0.1) is 17.3 Å². The zero-order chi connectivity index (χ0) is 38.8. The Morgan fingerprint density at radius 2 is 1.85 bits per heavy atom. The van der Waals surface area contributed by atoms with Gasteiger partial charge in [0, 0.05) is 42.5 Å². The summed E-state index contributed by atoms with van der Waals surface area (Å²) in [6.45, 7) is 15.9. The van der Waals surface area contributed by atoms with Crippen molar-refractivity contribution in [1.29, 1.82) is 0 Å². The number of hydrogen-bond donors (Lipinski definition) is 2. The standard InChI is InChI=1S/C41H54N6O6S/c1-8-28-22-41(28)37(50)45-54(51,52)40(18-19-40)17-12-10-9-11-14-27-20-31(42-23-27)30-15-13-16-32-34(30)43-38(47(32)25(2)3)53-29-21-33(35(48)44-41)46(24-29)36(49)26(4)39(5,6)7/h8-10,13,15-16,23,25-26,28-29,33H,1,11-12,14,17-22,24H2,2-7H3,(H,44,48)(H,45,50)/b10-9+/t26-,28-,29-,33+,41-/m1/s1. The third-order valence-corrected chi connectivity index (χ3v) is 14.5. The zero-order valence-electron chi connectivity index (χ0n) is 32.4. The SMILES string of the molecule is C=C[C@@H]1C[C@@]12NC(=O)[C@@H]1C[C@H](CN1C(=O)[C@@H](C)C(C)(C)C)Oc1nc3c(cccc3n1C(C)C)C1=NC=C(CC/C=C/CCC3(CC3)S(=O)(=O)NC2=O)C1. The molecule has 5 atom stereocenters. The summed E-state index contributed by atoms with van der Waals surface area (Å²) in [7, 11) is -4.04. The van der Waals surface area contributed by atoms with E-state index in [-0.39, 0.29) is 36.8 Å². The monoisotopic (exact) mass is 758 g/mol. The van der Waals surface area contributed by atoms with Crippen molar-refractivity contribution < 1.29 is 27.5 Å². The van der Waals surface area contributed by atoms with E-state index in [9.17, 15) is 22.8 Å². The maximum Gasteiger partial charge on any atom is 0.297 e. The Labute approximate surface area is 318 Å². The van der Waals surface area contributed by atoms with Gasteiger partial charge >= 0.3 is 0 Å². The summed E-state index contributed by atoms with van der Waals surface area (Å²) in [5.41, 5.74) is 2.90. The van der Waals surface area contributed by atoms with Gasteiger partial charge in [-0.25, -0.2) is 8.42 Å². The summed E-state index contributed by atoms with van der Waals surface area (Å²) < 4.78 is 37.5. The fourth-order valence-corrected chi connectivity index (χ4v) is 9.82. The molecule has 3 aliphatic heterocycles. The molecule has 54 heavy (non-hydrogen) atoms. The van der Waals surface area contributed by atoms with Crippen LogP contribution in [0.3, 0.4) is 0 Å². The molecule has 2 aromatic rings. The topological polar surface area (TPSA) is 152 Å². The summed E-state index contributed by atoms with van der Waals surface area (Å²) in [4.78, 5) is 53.9. The number of allylic oxidation sites excluding steroid dienone is 3. The molecule has 13 heteroatoms. The first-order valence-corrected chi connectivity index (χ1v) is 20.9. The van der Waals surface area contributed by atoms with Crippen LogP contribution in [0.25, 0.3) is 11.0 Å². The second-order valence-corrected chi connectivity index (χ2v) is 19.4. The molecule has 6 bridgehead atoms. The van der Waals surface area contributed by atoms with Crippen LogP contribution < -0.4 is 14.8 Å². The molecule has 3 amide bonds. The quantitative estimate of drug-likeness (QED) is 0.370. The molecule has 2 N–H and O–H groups in total. The van der Waals surface area contributed by atoms with Crippen molar-refractivity contribution >= 4 is 44.5 Å². The number of nitrogens with one attached hydrogen (secondary N) is 2. The first-order valence-electron chi connectivity index (χ1n) is 19.4. The van der Waals surface area contributed by atoms with Gasteiger partial charge in [0.15, 0.2) is 0 Å². The highest BCUT2D eigenvalue weighted by atomic mass is 32.2. The maximum absolute atomic E-state index is 14.4. The number of hydrogen-bond acceptors (Lipinski definition) is 8. The number of likely N-dealkylation sites (tertiary alicyclic amines) is 1. The number of ether oxygens (including phenoxy) is 1. The van der Waals surface area contributed by atoms with E-state index >= 15 is 0 Å². The van der Waals surface area contributed by atoms with Gasteiger partial charge in [0.2, 0.25) is 21.8 Å². The van der Waals surface area contributed by atoms with Crippen LogP contribution in [-0.2, 0) is 24.4 Å². The van der Waals surface area contributed by atoms with E-state index in [1.54, 1.807) is 11.0 Å². The average molecular weight is 759 g/mol. The molecule has 4 heterocycles. The van der Waals surface area contributed by atoms with Gasteiger partial charge in [-0.05, 0) is 75.8 Å². The van der Waals surface area contributed by atoms with Gasteiger partial charge in [-0.3, -0.25) is 28.7 Å². The molecule has 0 unspecified atom stereocenters. The minimum absolute atomic E-state index is 0.0110. The van der Waals surface area contributed by atoms with Gasteiger partial charge in [0.1, 0.15) is 23.2 Å². The predicted octanol–water partition coefficient (Wildman–Crippen LogP) is 5.89. The van der Waals surface area contributed by atoms with Crippen LogP contribution in [0.2, 0.25) is 0 Å². The van der Waals surface area contributed by atoms with Crippen molar-refractivity contribution in [2.24, 2.45) is 22.2 Å². The van der Waals surface area contributed by atoms with Crippen LogP contribution in [0.5, 0.6) is 6.01 Å². The minimum Gasteiger partial charge on any atom is -0.459 e. The van der Waals surface area contributed by atoms with Crippen molar-refractivity contribution in [3.63, 3.8) is 0 Å². The molecule has 2 aliphatic carbocycles. The fourth-order valence-electron chi connectivity index (χ4n) is 8.15. The third kappa shape index (κ3) is 6.81. The lowest BCUT2D eigenvalue weighted by Gasteiger charge is -2.33. The normalized spacial score (nSPS) is 29.2. The molecule has 2 spiro atoms. The Hall–Kier alpha value is -4.26. The van der Waals surface area contributed by atoms with Crippen LogP contribution in [0.15, 0.2) is 59.8 Å². The van der Waals surface area contributed by atoms with E-state index in [4.69, 9.17) is 14.7 Å². The second kappa shape index (κ2) is 13.8. The zero-order valence-corrected chi connectivity index (χ0v) is 33.2. The smallest absolute Gasteiger partial charge is 0.297 e. The molecule has 2 saturated carbocycles. The number of rotatable bonds is 3. The van der Waals surface area contributed by atoms with Gasteiger partial charge in [-0.2, -0.15) is 4.98 Å². The Morgan fingerprint density at radius 1 is 1.11 bits per heavy atom. The van der Waals surface area contributed by atoms with Crippen molar-refractivity contribution in [2.75, 3.05) is 6.54 Å². The number of nitrogens with zero attached hydrogens (tertiary/aromatic N) is 4. The molecule has 290 valence electrons. The summed E-state index contributed by atoms with van der Waals surface area (Å²) >= 11 is 0. The Balaban J connectivity index is 1.25. The second-order valence-electron chi connectivity index (χ2n) is 17.3. The van der Waals surface area contributed by atoms with Crippen molar-refractivity contribution in [3.05, 3.63) is 60.3 Å². The Morgan fingerprint density at radius 3 is 2.52 bits per heavy atom. The number of carbonyl (C=O) groups is 3. The van der Waals surface area contributed by atoms with Crippen LogP contribution in [-0.4, -0.2) is 75.3 Å². The van der Waals surface area contributed by atoms with Crippen LogP contribution in [0.4, 0.5) is 0 Å². The first kappa shape index (κ1) is 38.0. The van der Waals surface area contributed by atoms with Crippen LogP contribution >= 0.6 is 0 Å².